The fraction of sp³-hybridized carbons (Fsp3) is 0.300. The third-order valence-corrected chi connectivity index (χ3v) is 6.58. The monoisotopic (exact) mass is 505 g/mol. The smallest absolute Gasteiger partial charge is 0.337 e. The van der Waals surface area contributed by atoms with Gasteiger partial charge in [-0.1, -0.05) is 25.4 Å². The maximum absolute atomic E-state index is 13.0. The highest BCUT2D eigenvalue weighted by molar-refractivity contribution is 7.89. The molecule has 1 amide bonds. The average Bonchev–Trinajstić information content (AvgIpc) is 2.74. The van der Waals surface area contributed by atoms with Crippen molar-refractivity contribution >= 4 is 57.3 Å². The number of amides is 1. The van der Waals surface area contributed by atoms with E-state index in [9.17, 15) is 28.3 Å². The summed E-state index contributed by atoms with van der Waals surface area (Å²) in [5.74, 6) is -1.96. The lowest BCUT2D eigenvalue weighted by atomic mass is 10.1. The number of hydrogen-bond acceptors (Lipinski definition) is 6. The SMILES string of the molecule is CCCN(CCC)S(=O)(=O)c1ccc(C(=O)Nc2ccc(Cl)cc2C(=O)O)cc1NO.Cl. The first kappa shape index (κ1) is 27.7. The Morgan fingerprint density at radius 3 is 2.19 bits per heavy atom. The maximum atomic E-state index is 13.0. The lowest BCUT2D eigenvalue weighted by Crippen LogP contribution is -2.33. The van der Waals surface area contributed by atoms with Crippen molar-refractivity contribution < 1.29 is 28.3 Å². The molecular formula is C20H25Cl2N3O6S. The first-order valence-corrected chi connectivity index (χ1v) is 11.4. The second-order valence-corrected chi connectivity index (χ2v) is 9.02. The number of carbonyl (C=O) groups is 2. The molecule has 2 aromatic rings. The van der Waals surface area contributed by atoms with Crippen LogP contribution in [0.25, 0.3) is 0 Å². The van der Waals surface area contributed by atoms with Crippen LogP contribution in [0.1, 0.15) is 47.4 Å². The summed E-state index contributed by atoms with van der Waals surface area (Å²) in [6.07, 6.45) is 1.24. The van der Waals surface area contributed by atoms with Gasteiger partial charge in [-0.3, -0.25) is 15.5 Å². The fourth-order valence-electron chi connectivity index (χ4n) is 2.97. The number of nitrogens with zero attached hydrogens (tertiary/aromatic N) is 1. The van der Waals surface area contributed by atoms with Crippen molar-refractivity contribution in [3.05, 3.63) is 52.5 Å². The van der Waals surface area contributed by atoms with Crippen molar-refractivity contribution in [1.29, 1.82) is 0 Å². The van der Waals surface area contributed by atoms with E-state index in [0.29, 0.717) is 25.9 Å². The van der Waals surface area contributed by atoms with Crippen LogP contribution in [0.15, 0.2) is 41.3 Å². The molecule has 12 heteroatoms. The number of anilines is 2. The van der Waals surface area contributed by atoms with Crippen LogP contribution in [0.2, 0.25) is 5.02 Å². The highest BCUT2D eigenvalue weighted by Gasteiger charge is 2.27. The predicted octanol–water partition coefficient (Wildman–Crippen LogP) is 4.32. The highest BCUT2D eigenvalue weighted by Crippen LogP contribution is 2.27. The zero-order valence-electron chi connectivity index (χ0n) is 17.5. The van der Waals surface area contributed by atoms with Crippen LogP contribution in [0.3, 0.4) is 0 Å². The van der Waals surface area contributed by atoms with Gasteiger partial charge in [0.1, 0.15) is 4.90 Å². The molecule has 0 aromatic heterocycles. The Morgan fingerprint density at radius 1 is 1.03 bits per heavy atom. The van der Waals surface area contributed by atoms with Gasteiger partial charge in [0.15, 0.2) is 0 Å². The van der Waals surface area contributed by atoms with Crippen molar-refractivity contribution in [2.45, 2.75) is 31.6 Å². The van der Waals surface area contributed by atoms with Crippen LogP contribution >= 0.6 is 24.0 Å². The minimum absolute atomic E-state index is 0. The van der Waals surface area contributed by atoms with E-state index >= 15 is 0 Å². The van der Waals surface area contributed by atoms with Gasteiger partial charge in [0, 0.05) is 23.7 Å². The van der Waals surface area contributed by atoms with Gasteiger partial charge in [-0.15, -0.1) is 12.4 Å². The molecule has 0 saturated heterocycles. The summed E-state index contributed by atoms with van der Waals surface area (Å²) in [5.41, 5.74) is 1.51. The molecule has 0 aliphatic rings. The molecule has 0 bridgehead atoms. The number of rotatable bonds is 10. The summed E-state index contributed by atoms with van der Waals surface area (Å²) in [5, 5.41) is 21.5. The number of nitrogens with one attached hydrogen (secondary N) is 2. The van der Waals surface area contributed by atoms with Gasteiger partial charge in [0.25, 0.3) is 5.91 Å². The summed E-state index contributed by atoms with van der Waals surface area (Å²) < 4.78 is 27.3. The van der Waals surface area contributed by atoms with E-state index in [1.54, 1.807) is 0 Å². The summed E-state index contributed by atoms with van der Waals surface area (Å²) >= 11 is 5.81. The second kappa shape index (κ2) is 12.0. The van der Waals surface area contributed by atoms with E-state index in [4.69, 9.17) is 11.6 Å². The third kappa shape index (κ3) is 6.33. The molecule has 176 valence electrons. The molecular weight excluding hydrogens is 481 g/mol. The van der Waals surface area contributed by atoms with E-state index in [1.165, 1.54) is 40.7 Å². The third-order valence-electron chi connectivity index (χ3n) is 4.39. The Balaban J connectivity index is 0.00000512. The van der Waals surface area contributed by atoms with Crippen molar-refractivity contribution in [3.63, 3.8) is 0 Å². The van der Waals surface area contributed by atoms with Gasteiger partial charge in [0.2, 0.25) is 10.0 Å². The summed E-state index contributed by atoms with van der Waals surface area (Å²) in [6.45, 7) is 4.35. The average molecular weight is 506 g/mol. The normalized spacial score (nSPS) is 11.0. The molecule has 0 radical (unpaired) electrons. The molecule has 32 heavy (non-hydrogen) atoms. The molecule has 0 fully saturated rings. The standard InChI is InChI=1S/C20H24ClN3O6S.ClH/c1-3-9-24(10-4-2)31(29,30)18-8-5-13(11-17(18)23-28)19(25)22-16-7-6-14(21)12-15(16)20(26)27;/h5-8,11-12,23,28H,3-4,9-10H2,1-2H3,(H,22,25)(H,26,27);1H. The molecule has 0 unspecified atom stereocenters. The number of hydrogen-bond donors (Lipinski definition) is 4. The lowest BCUT2D eigenvalue weighted by molar-refractivity contribution is 0.0698. The minimum Gasteiger partial charge on any atom is -0.478 e. The van der Waals surface area contributed by atoms with Gasteiger partial charge < -0.3 is 10.4 Å². The van der Waals surface area contributed by atoms with Crippen LogP contribution < -0.4 is 10.8 Å². The van der Waals surface area contributed by atoms with Gasteiger partial charge in [0.05, 0.1) is 16.9 Å². The summed E-state index contributed by atoms with van der Waals surface area (Å²) in [6, 6.07) is 7.66. The first-order valence-electron chi connectivity index (χ1n) is 9.54. The van der Waals surface area contributed by atoms with E-state index in [-0.39, 0.29) is 44.8 Å². The number of carboxylic acids is 1. The van der Waals surface area contributed by atoms with Gasteiger partial charge in [-0.2, -0.15) is 4.31 Å². The van der Waals surface area contributed by atoms with Gasteiger partial charge in [-0.05, 0) is 49.2 Å². The van der Waals surface area contributed by atoms with Crippen LogP contribution in [0.5, 0.6) is 0 Å². The molecule has 2 aromatic carbocycles. The zero-order valence-corrected chi connectivity index (χ0v) is 19.9. The summed E-state index contributed by atoms with van der Waals surface area (Å²) in [4.78, 5) is 23.9. The van der Waals surface area contributed by atoms with Crippen molar-refractivity contribution in [2.24, 2.45) is 0 Å². The molecule has 4 N–H and O–H groups in total. The number of halogens is 2. The number of aromatic carboxylic acids is 1. The Kier molecular flexibility index (Phi) is 10.4. The van der Waals surface area contributed by atoms with E-state index in [1.807, 2.05) is 19.3 Å². The Morgan fingerprint density at radius 2 is 1.66 bits per heavy atom. The van der Waals surface area contributed by atoms with Gasteiger partial charge >= 0.3 is 5.97 Å². The number of carboxylic acid groups (broad SMARTS) is 1. The lowest BCUT2D eigenvalue weighted by Gasteiger charge is -2.22. The van der Waals surface area contributed by atoms with Crippen LogP contribution in [0.4, 0.5) is 11.4 Å². The van der Waals surface area contributed by atoms with E-state index in [2.05, 4.69) is 5.32 Å². The molecule has 0 spiro atoms. The second-order valence-electron chi connectivity index (χ2n) is 6.68. The Hall–Kier alpha value is -2.37. The molecule has 2 rings (SSSR count). The van der Waals surface area contributed by atoms with Crippen molar-refractivity contribution in [2.75, 3.05) is 23.9 Å². The van der Waals surface area contributed by atoms with E-state index < -0.39 is 21.9 Å². The topological polar surface area (TPSA) is 136 Å². The number of benzene rings is 2. The number of carbonyl (C=O) groups excluding carboxylic acids is 1. The predicted molar refractivity (Wildman–Crippen MR) is 125 cm³/mol. The maximum Gasteiger partial charge on any atom is 0.337 e. The minimum atomic E-state index is -3.91. The highest BCUT2D eigenvalue weighted by atomic mass is 35.5. The molecule has 0 aliphatic carbocycles. The Bertz CT molecular complexity index is 1070. The number of sulfonamides is 1. The van der Waals surface area contributed by atoms with Crippen LogP contribution in [-0.4, -0.2) is 48.0 Å². The first-order chi connectivity index (χ1) is 14.6. The largest absolute Gasteiger partial charge is 0.478 e. The quantitative estimate of drug-likeness (QED) is 0.352. The molecule has 9 nitrogen and oxygen atoms in total. The van der Waals surface area contributed by atoms with Crippen LogP contribution in [0, 0.1) is 0 Å². The molecule has 0 heterocycles. The van der Waals surface area contributed by atoms with Crippen molar-refractivity contribution in [1.82, 2.24) is 4.31 Å². The fourth-order valence-corrected chi connectivity index (χ4v) is 4.89. The van der Waals surface area contributed by atoms with Crippen molar-refractivity contribution in [3.8, 4) is 0 Å². The molecule has 0 aliphatic heterocycles. The van der Waals surface area contributed by atoms with E-state index in [0.717, 1.165) is 0 Å². The molecule has 0 saturated carbocycles. The molecule has 0 atom stereocenters. The Labute approximate surface area is 197 Å². The zero-order chi connectivity index (χ0) is 23.2. The van der Waals surface area contributed by atoms with Crippen LogP contribution in [-0.2, 0) is 10.0 Å². The van der Waals surface area contributed by atoms with Gasteiger partial charge in [-0.25, -0.2) is 13.2 Å². The summed E-state index contributed by atoms with van der Waals surface area (Å²) in [7, 11) is -3.91.